The van der Waals surface area contributed by atoms with Crippen LogP contribution in [-0.2, 0) is 0 Å². The summed E-state index contributed by atoms with van der Waals surface area (Å²) in [6, 6.07) is 6.26. The number of hydrogen-bond acceptors (Lipinski definition) is 4. The monoisotopic (exact) mass is 214 g/mol. The molecule has 1 heterocycles. The highest BCUT2D eigenvalue weighted by molar-refractivity contribution is 5.71. The van der Waals surface area contributed by atoms with Crippen molar-refractivity contribution in [2.75, 3.05) is 5.43 Å². The SMILES string of the molecule is Cc1cc(C)cc(-c2nccnc2NN)c1. The quantitative estimate of drug-likeness (QED) is 0.593. The van der Waals surface area contributed by atoms with E-state index in [1.165, 1.54) is 11.1 Å². The van der Waals surface area contributed by atoms with Gasteiger partial charge in [-0.2, -0.15) is 0 Å². The van der Waals surface area contributed by atoms with Gasteiger partial charge in [0.25, 0.3) is 0 Å². The Labute approximate surface area is 94.5 Å². The lowest BCUT2D eigenvalue weighted by Crippen LogP contribution is -2.10. The van der Waals surface area contributed by atoms with Crippen LogP contribution in [0.25, 0.3) is 11.3 Å². The van der Waals surface area contributed by atoms with Gasteiger partial charge in [0.2, 0.25) is 0 Å². The molecule has 0 aliphatic rings. The molecule has 2 rings (SSSR count). The van der Waals surface area contributed by atoms with Crippen LogP contribution in [0.1, 0.15) is 11.1 Å². The lowest BCUT2D eigenvalue weighted by atomic mass is 10.0. The molecule has 0 radical (unpaired) electrons. The number of aryl methyl sites for hydroxylation is 2. The van der Waals surface area contributed by atoms with Crippen molar-refractivity contribution in [3.05, 3.63) is 41.7 Å². The van der Waals surface area contributed by atoms with Gasteiger partial charge in [0.1, 0.15) is 5.69 Å². The molecule has 0 spiro atoms. The average molecular weight is 214 g/mol. The summed E-state index contributed by atoms with van der Waals surface area (Å²) in [7, 11) is 0. The van der Waals surface area contributed by atoms with E-state index in [0.29, 0.717) is 5.82 Å². The molecule has 82 valence electrons. The van der Waals surface area contributed by atoms with E-state index < -0.39 is 0 Å². The molecule has 0 aliphatic heterocycles. The molecule has 1 aromatic carbocycles. The Kier molecular flexibility index (Phi) is 2.83. The van der Waals surface area contributed by atoms with Gasteiger partial charge < -0.3 is 5.43 Å². The Balaban J connectivity index is 2.58. The number of nitrogens with two attached hydrogens (primary N) is 1. The Bertz CT molecular complexity index is 488. The van der Waals surface area contributed by atoms with Gasteiger partial charge in [-0.25, -0.2) is 10.8 Å². The topological polar surface area (TPSA) is 63.8 Å². The maximum Gasteiger partial charge on any atom is 0.166 e. The van der Waals surface area contributed by atoms with E-state index in [4.69, 9.17) is 5.84 Å². The van der Waals surface area contributed by atoms with Gasteiger partial charge in [0.05, 0.1) is 0 Å². The number of nitrogens with zero attached hydrogens (tertiary/aromatic N) is 2. The third-order valence-corrected chi connectivity index (χ3v) is 2.33. The van der Waals surface area contributed by atoms with Crippen LogP contribution in [0.4, 0.5) is 5.82 Å². The lowest BCUT2D eigenvalue weighted by molar-refractivity contribution is 1.16. The van der Waals surface area contributed by atoms with Crippen molar-refractivity contribution in [2.24, 2.45) is 5.84 Å². The van der Waals surface area contributed by atoms with Crippen LogP contribution in [0.2, 0.25) is 0 Å². The normalized spacial score (nSPS) is 10.2. The molecule has 4 heteroatoms. The minimum absolute atomic E-state index is 0.590. The zero-order chi connectivity index (χ0) is 11.5. The van der Waals surface area contributed by atoms with E-state index in [0.717, 1.165) is 11.3 Å². The van der Waals surface area contributed by atoms with E-state index >= 15 is 0 Å². The molecular formula is C12H14N4. The van der Waals surface area contributed by atoms with Gasteiger partial charge >= 0.3 is 0 Å². The van der Waals surface area contributed by atoms with Gasteiger partial charge in [0.15, 0.2) is 5.82 Å². The molecule has 0 amide bonds. The fourth-order valence-corrected chi connectivity index (χ4v) is 1.77. The fraction of sp³-hybridized carbons (Fsp3) is 0.167. The summed E-state index contributed by atoms with van der Waals surface area (Å²) in [5.74, 6) is 6.00. The number of nitrogens with one attached hydrogen (secondary N) is 1. The van der Waals surface area contributed by atoms with Crippen LogP contribution in [0.5, 0.6) is 0 Å². The van der Waals surface area contributed by atoms with Crippen LogP contribution >= 0.6 is 0 Å². The summed E-state index contributed by atoms with van der Waals surface area (Å²) in [6.07, 6.45) is 3.27. The summed E-state index contributed by atoms with van der Waals surface area (Å²) >= 11 is 0. The summed E-state index contributed by atoms with van der Waals surface area (Å²) in [5, 5.41) is 0. The third kappa shape index (κ3) is 2.01. The summed E-state index contributed by atoms with van der Waals surface area (Å²) in [4.78, 5) is 8.43. The van der Waals surface area contributed by atoms with Gasteiger partial charge in [-0.15, -0.1) is 0 Å². The Morgan fingerprint density at radius 1 is 1.00 bits per heavy atom. The van der Waals surface area contributed by atoms with E-state index in [-0.39, 0.29) is 0 Å². The number of aromatic nitrogens is 2. The van der Waals surface area contributed by atoms with Crippen molar-refractivity contribution >= 4 is 5.82 Å². The first kappa shape index (κ1) is 10.6. The minimum Gasteiger partial charge on any atom is -0.307 e. The van der Waals surface area contributed by atoms with Crippen LogP contribution in [0.15, 0.2) is 30.6 Å². The first-order valence-corrected chi connectivity index (χ1v) is 5.07. The molecule has 0 aliphatic carbocycles. The Hall–Kier alpha value is -1.94. The van der Waals surface area contributed by atoms with Crippen molar-refractivity contribution in [1.29, 1.82) is 0 Å². The van der Waals surface area contributed by atoms with Gasteiger partial charge in [-0.1, -0.05) is 17.2 Å². The molecule has 0 fully saturated rings. The van der Waals surface area contributed by atoms with Crippen molar-refractivity contribution in [2.45, 2.75) is 13.8 Å². The number of hydrazine groups is 1. The highest BCUT2D eigenvalue weighted by Gasteiger charge is 2.07. The second-order valence-corrected chi connectivity index (χ2v) is 3.77. The van der Waals surface area contributed by atoms with Crippen LogP contribution < -0.4 is 11.3 Å². The standard InChI is InChI=1S/C12H14N4/c1-8-5-9(2)7-10(6-8)11-12(16-13)15-4-3-14-11/h3-7H,13H2,1-2H3,(H,15,16). The molecule has 1 aromatic heterocycles. The molecule has 2 aromatic rings. The Morgan fingerprint density at radius 2 is 1.62 bits per heavy atom. The highest BCUT2D eigenvalue weighted by Crippen LogP contribution is 2.24. The maximum atomic E-state index is 5.41. The largest absolute Gasteiger partial charge is 0.307 e. The van der Waals surface area contributed by atoms with Crippen LogP contribution in [0.3, 0.4) is 0 Å². The van der Waals surface area contributed by atoms with Crippen LogP contribution in [-0.4, -0.2) is 9.97 Å². The van der Waals surface area contributed by atoms with Crippen molar-refractivity contribution in [1.82, 2.24) is 9.97 Å². The summed E-state index contributed by atoms with van der Waals surface area (Å²) in [6.45, 7) is 4.12. The van der Waals surface area contributed by atoms with E-state index in [1.54, 1.807) is 12.4 Å². The third-order valence-electron chi connectivity index (χ3n) is 2.33. The smallest absolute Gasteiger partial charge is 0.166 e. The number of nitrogen functional groups attached to an aromatic ring is 1. The molecule has 4 nitrogen and oxygen atoms in total. The molecule has 0 atom stereocenters. The number of rotatable bonds is 2. The number of hydrogen-bond donors (Lipinski definition) is 2. The summed E-state index contributed by atoms with van der Waals surface area (Å²) < 4.78 is 0. The predicted octanol–water partition coefficient (Wildman–Crippen LogP) is 2.05. The number of anilines is 1. The zero-order valence-corrected chi connectivity index (χ0v) is 9.36. The first-order valence-electron chi connectivity index (χ1n) is 5.07. The van der Waals surface area contributed by atoms with E-state index in [2.05, 4.69) is 47.4 Å². The maximum absolute atomic E-state index is 5.41. The summed E-state index contributed by atoms with van der Waals surface area (Å²) in [5.41, 5.74) is 6.76. The van der Waals surface area contributed by atoms with Gasteiger partial charge in [-0.3, -0.25) is 4.98 Å². The second-order valence-electron chi connectivity index (χ2n) is 3.77. The molecule has 0 bridgehead atoms. The van der Waals surface area contributed by atoms with Gasteiger partial charge in [0, 0.05) is 18.0 Å². The van der Waals surface area contributed by atoms with Crippen LogP contribution in [0, 0.1) is 13.8 Å². The van der Waals surface area contributed by atoms with E-state index in [1.807, 2.05) is 0 Å². The van der Waals surface area contributed by atoms with Gasteiger partial charge in [-0.05, 0) is 26.0 Å². The average Bonchev–Trinajstić information content (AvgIpc) is 2.27. The molecule has 0 saturated carbocycles. The second kappa shape index (κ2) is 4.28. The van der Waals surface area contributed by atoms with E-state index in [9.17, 15) is 0 Å². The molecular weight excluding hydrogens is 200 g/mol. The Morgan fingerprint density at radius 3 is 2.25 bits per heavy atom. The minimum atomic E-state index is 0.590. The highest BCUT2D eigenvalue weighted by atomic mass is 15.3. The molecule has 0 unspecified atom stereocenters. The lowest BCUT2D eigenvalue weighted by Gasteiger charge is -2.08. The van der Waals surface area contributed by atoms with Crippen molar-refractivity contribution < 1.29 is 0 Å². The van der Waals surface area contributed by atoms with Crippen molar-refractivity contribution in [3.8, 4) is 11.3 Å². The predicted molar refractivity (Wildman–Crippen MR) is 64.8 cm³/mol. The molecule has 16 heavy (non-hydrogen) atoms. The molecule has 0 saturated heterocycles. The zero-order valence-electron chi connectivity index (χ0n) is 9.36. The first-order chi connectivity index (χ1) is 7.70. The van der Waals surface area contributed by atoms with Crippen molar-refractivity contribution in [3.63, 3.8) is 0 Å². The number of benzene rings is 1. The fourth-order valence-electron chi connectivity index (χ4n) is 1.77. The molecule has 3 N–H and O–H groups in total.